The molecule has 0 unspecified atom stereocenters. The molecule has 4 amide bonds. The maximum absolute atomic E-state index is 13.9. The summed E-state index contributed by atoms with van der Waals surface area (Å²) in [6, 6.07) is 14.2. The first-order valence-electron chi connectivity index (χ1n) is 23.2. The smallest absolute Gasteiger partial charge is 0.407 e. The minimum absolute atomic E-state index is 0.0803. The summed E-state index contributed by atoms with van der Waals surface area (Å²) in [7, 11) is 2.63. The standard InChI is InChI=1S/C50H61N7O6S/c1-28(2)43(54-48(60)62-5)46(58)56-23-8-12-38(56)36-26-31-25-30(14-17-35(31)52-36)32-15-16-33(34-11-7-20-50(42(32)34)21-10-22-50)40-18-19-41(64-40)37-27-51-45(53-37)39-13-9-24-57(39)47(59)44(29(3)4)55-49(61)63-6/h14-19,25,27-29,38-39,43-44H,7-13,20-24,26H2,1-6H3,(H,51,53)(H,54,60)(H,55,61)/t38-,39-,43-,44-/m0/s1. The number of hydrogen-bond acceptors (Lipinski definition) is 9. The van der Waals surface area contributed by atoms with Crippen molar-refractivity contribution in [1.82, 2.24) is 30.4 Å². The predicted octanol–water partition coefficient (Wildman–Crippen LogP) is 9.27. The summed E-state index contributed by atoms with van der Waals surface area (Å²) in [5.74, 6) is 0.377. The molecule has 3 N–H and O–H groups in total. The average molecular weight is 888 g/mol. The number of methoxy groups -OCH3 is 2. The van der Waals surface area contributed by atoms with Gasteiger partial charge in [0.25, 0.3) is 0 Å². The fraction of sp³-hybridized carbons (Fsp3) is 0.520. The van der Waals surface area contributed by atoms with Gasteiger partial charge in [0.2, 0.25) is 11.8 Å². The molecule has 2 aromatic carbocycles. The molecule has 1 spiro atoms. The molecule has 13 nitrogen and oxygen atoms in total. The van der Waals surface area contributed by atoms with Crippen LogP contribution in [0.1, 0.15) is 114 Å². The van der Waals surface area contributed by atoms with E-state index in [2.05, 4.69) is 58.1 Å². The van der Waals surface area contributed by atoms with E-state index >= 15 is 0 Å². The van der Waals surface area contributed by atoms with Crippen LogP contribution < -0.4 is 10.6 Å². The SMILES string of the molecule is COC(=O)N[C@H](C(=O)N1CCC[C@H]1C1=Nc2ccc(-c3ccc(-c4ccc(-c5cnc([C@@H]6CCCN6C(=O)[C@@H](NC(=O)OC)C(C)C)[nH]5)s4)c4c3C3(CCC4)CCC3)cc2C1)C(C)C. The van der Waals surface area contributed by atoms with Gasteiger partial charge in [-0.1, -0.05) is 52.3 Å². The number of ether oxygens (including phenoxy) is 2. The fourth-order valence-corrected chi connectivity index (χ4v) is 12.1. The molecule has 0 bridgehead atoms. The highest BCUT2D eigenvalue weighted by molar-refractivity contribution is 7.18. The van der Waals surface area contributed by atoms with Gasteiger partial charge in [-0.25, -0.2) is 14.6 Å². The molecule has 338 valence electrons. The van der Waals surface area contributed by atoms with E-state index in [0.29, 0.717) is 19.5 Å². The number of imidazole rings is 1. The normalized spacial score (nSPS) is 20.7. The molecule has 2 aromatic heterocycles. The summed E-state index contributed by atoms with van der Waals surface area (Å²) in [6.45, 7) is 8.98. The van der Waals surface area contributed by atoms with E-state index in [1.54, 1.807) is 11.3 Å². The zero-order valence-corrected chi connectivity index (χ0v) is 38.7. The van der Waals surface area contributed by atoms with Crippen LogP contribution in [0.25, 0.3) is 32.1 Å². The van der Waals surface area contributed by atoms with Crippen LogP contribution in [0.2, 0.25) is 0 Å². The second-order valence-electron chi connectivity index (χ2n) is 19.1. The molecule has 9 rings (SSSR count). The van der Waals surface area contributed by atoms with E-state index < -0.39 is 24.3 Å². The minimum Gasteiger partial charge on any atom is -0.453 e. The van der Waals surface area contributed by atoms with E-state index in [9.17, 15) is 19.2 Å². The van der Waals surface area contributed by atoms with Gasteiger partial charge in [-0.3, -0.25) is 14.6 Å². The Morgan fingerprint density at radius 1 is 0.781 bits per heavy atom. The van der Waals surface area contributed by atoms with Crippen LogP contribution in [0.4, 0.5) is 15.3 Å². The molecule has 4 atom stereocenters. The number of nitrogens with zero attached hydrogens (tertiary/aromatic N) is 4. The van der Waals surface area contributed by atoms with Gasteiger partial charge >= 0.3 is 12.2 Å². The van der Waals surface area contributed by atoms with Crippen molar-refractivity contribution < 1.29 is 28.7 Å². The van der Waals surface area contributed by atoms with Gasteiger partial charge in [0.1, 0.15) is 17.9 Å². The van der Waals surface area contributed by atoms with Crippen molar-refractivity contribution in [2.45, 2.75) is 128 Å². The number of aromatic amines is 1. The summed E-state index contributed by atoms with van der Waals surface area (Å²) in [5, 5.41) is 5.51. The number of likely N-dealkylation sites (tertiary alicyclic amines) is 2. The van der Waals surface area contributed by atoms with Crippen molar-refractivity contribution in [2.75, 3.05) is 27.3 Å². The molecule has 5 aliphatic rings. The zero-order chi connectivity index (χ0) is 44.9. The van der Waals surface area contributed by atoms with Crippen molar-refractivity contribution in [2.24, 2.45) is 16.8 Å². The van der Waals surface area contributed by atoms with E-state index in [1.807, 2.05) is 43.7 Å². The molecule has 5 heterocycles. The van der Waals surface area contributed by atoms with Gasteiger partial charge in [0.05, 0.1) is 48.8 Å². The molecule has 1 saturated carbocycles. The van der Waals surface area contributed by atoms with E-state index in [-0.39, 0.29) is 41.1 Å². The van der Waals surface area contributed by atoms with Gasteiger partial charge in [0.15, 0.2) is 0 Å². The monoisotopic (exact) mass is 887 g/mol. The summed E-state index contributed by atoms with van der Waals surface area (Å²) in [6.07, 6.45) is 11.9. The van der Waals surface area contributed by atoms with Gasteiger partial charge in [-0.05, 0) is 133 Å². The predicted molar refractivity (Wildman–Crippen MR) is 249 cm³/mol. The van der Waals surface area contributed by atoms with Gasteiger partial charge in [-0.15, -0.1) is 11.3 Å². The van der Waals surface area contributed by atoms with Crippen molar-refractivity contribution >= 4 is 46.7 Å². The zero-order valence-electron chi connectivity index (χ0n) is 37.9. The Hall–Kier alpha value is -5.50. The third-order valence-electron chi connectivity index (χ3n) is 14.5. The number of aliphatic imine (C=N–C) groups is 1. The van der Waals surface area contributed by atoms with Crippen molar-refractivity contribution in [3.63, 3.8) is 0 Å². The molecule has 4 aromatic rings. The Kier molecular flexibility index (Phi) is 12.2. The van der Waals surface area contributed by atoms with Crippen molar-refractivity contribution in [3.05, 3.63) is 71.2 Å². The summed E-state index contributed by atoms with van der Waals surface area (Å²) in [5.41, 5.74) is 11.2. The molecular formula is C50H61N7O6S. The van der Waals surface area contributed by atoms with Gasteiger partial charge in [0, 0.05) is 30.1 Å². The number of rotatable bonds is 11. The highest BCUT2D eigenvalue weighted by Gasteiger charge is 2.45. The third kappa shape index (κ3) is 8.00. The average Bonchev–Trinajstić information content (AvgIpc) is 4.14. The number of thiophene rings is 1. The molecule has 3 aliphatic heterocycles. The molecule has 64 heavy (non-hydrogen) atoms. The van der Waals surface area contributed by atoms with Crippen LogP contribution >= 0.6 is 11.3 Å². The van der Waals surface area contributed by atoms with E-state index in [0.717, 1.165) is 59.9 Å². The first kappa shape index (κ1) is 43.7. The lowest BCUT2D eigenvalue weighted by Crippen LogP contribution is -2.53. The van der Waals surface area contributed by atoms with E-state index in [1.165, 1.54) is 84.6 Å². The van der Waals surface area contributed by atoms with Crippen molar-refractivity contribution in [3.8, 4) is 32.1 Å². The molecular weight excluding hydrogens is 827 g/mol. The van der Waals surface area contributed by atoms with E-state index in [4.69, 9.17) is 19.5 Å². The number of H-pyrrole nitrogens is 1. The van der Waals surface area contributed by atoms with Crippen LogP contribution in [-0.4, -0.2) is 94.9 Å². The Morgan fingerprint density at radius 3 is 2.05 bits per heavy atom. The number of carbonyl (C=O) groups excluding carboxylic acids is 4. The summed E-state index contributed by atoms with van der Waals surface area (Å²) in [4.78, 5) is 71.5. The molecule has 0 radical (unpaired) electrons. The van der Waals surface area contributed by atoms with Crippen molar-refractivity contribution in [1.29, 1.82) is 0 Å². The first-order chi connectivity index (χ1) is 30.9. The number of fused-ring (bicyclic) bond motifs is 3. The van der Waals surface area contributed by atoms with Gasteiger partial charge < -0.3 is 34.9 Å². The van der Waals surface area contributed by atoms with Crippen LogP contribution in [0.5, 0.6) is 0 Å². The number of nitrogens with one attached hydrogen (secondary N) is 3. The van der Waals surface area contributed by atoms with Crippen LogP contribution in [-0.2, 0) is 37.3 Å². The Labute approximate surface area is 379 Å². The number of carbonyl (C=O) groups is 4. The molecule has 2 aliphatic carbocycles. The first-order valence-corrected chi connectivity index (χ1v) is 24.0. The highest BCUT2D eigenvalue weighted by atomic mass is 32.1. The lowest BCUT2D eigenvalue weighted by molar-refractivity contribution is -0.135. The Morgan fingerprint density at radius 2 is 1.41 bits per heavy atom. The quantitative estimate of drug-likeness (QED) is 0.135. The molecule has 2 saturated heterocycles. The topological polar surface area (TPSA) is 158 Å². The van der Waals surface area contributed by atoms with Crippen LogP contribution in [0.15, 0.2) is 53.7 Å². The third-order valence-corrected chi connectivity index (χ3v) is 15.7. The lowest BCUT2D eigenvalue weighted by Gasteiger charge is -2.48. The molecule has 14 heteroatoms. The van der Waals surface area contributed by atoms with Gasteiger partial charge in [-0.2, -0.15) is 0 Å². The number of alkyl carbamates (subject to hydrolysis) is 2. The number of hydrogen-bond donors (Lipinski definition) is 3. The second-order valence-corrected chi connectivity index (χ2v) is 20.1. The minimum atomic E-state index is -0.683. The highest BCUT2D eigenvalue weighted by Crippen LogP contribution is 2.56. The second kappa shape index (κ2) is 17.8. The number of benzene rings is 2. The Balaban J connectivity index is 0.960. The number of amides is 4. The van der Waals surface area contributed by atoms with Crippen LogP contribution in [0, 0.1) is 11.8 Å². The summed E-state index contributed by atoms with van der Waals surface area (Å²) >= 11 is 1.77. The summed E-state index contributed by atoms with van der Waals surface area (Å²) < 4.78 is 9.66. The molecule has 3 fully saturated rings. The van der Waals surface area contributed by atoms with Crippen LogP contribution in [0.3, 0.4) is 0 Å². The maximum atomic E-state index is 13.9. The fourth-order valence-electron chi connectivity index (χ4n) is 11.1. The maximum Gasteiger partial charge on any atom is 0.407 e. The number of aromatic nitrogens is 2. The largest absolute Gasteiger partial charge is 0.453 e. The Bertz CT molecular complexity index is 2480. The lowest BCUT2D eigenvalue weighted by atomic mass is 9.56.